The van der Waals surface area contributed by atoms with E-state index in [1.54, 1.807) is 37.1 Å². The third kappa shape index (κ3) is 3.87. The van der Waals surface area contributed by atoms with Gasteiger partial charge in [0, 0.05) is 28.6 Å². The van der Waals surface area contributed by atoms with Crippen LogP contribution in [0.5, 0.6) is 5.75 Å². The predicted octanol–water partition coefficient (Wildman–Crippen LogP) is 1.57. The summed E-state index contributed by atoms with van der Waals surface area (Å²) in [7, 11) is 1.61. The normalized spacial score (nSPS) is 10.2. The second kappa shape index (κ2) is 6.96. The van der Waals surface area contributed by atoms with Gasteiger partial charge in [0.15, 0.2) is 0 Å². The van der Waals surface area contributed by atoms with Gasteiger partial charge in [0.25, 0.3) is 5.91 Å². The summed E-state index contributed by atoms with van der Waals surface area (Å²) in [5.74, 6) is 6.10. The summed E-state index contributed by atoms with van der Waals surface area (Å²) in [6, 6.07) is 9.00. The van der Waals surface area contributed by atoms with Crippen LogP contribution in [0.2, 0.25) is 0 Å². The van der Waals surface area contributed by atoms with Crippen LogP contribution in [0.3, 0.4) is 0 Å². The van der Waals surface area contributed by atoms with Crippen molar-refractivity contribution in [1.29, 1.82) is 0 Å². The van der Waals surface area contributed by atoms with Crippen LogP contribution in [-0.2, 0) is 5.75 Å². The van der Waals surface area contributed by atoms with Crippen molar-refractivity contribution in [2.45, 2.75) is 10.6 Å². The van der Waals surface area contributed by atoms with Gasteiger partial charge in [0.05, 0.1) is 18.4 Å². The van der Waals surface area contributed by atoms with Crippen LogP contribution >= 0.6 is 11.8 Å². The lowest BCUT2D eigenvalue weighted by Gasteiger charge is -2.08. The number of aromatic nitrogens is 1. The maximum absolute atomic E-state index is 11.3. The number of thioether (sulfide) groups is 1. The molecule has 2 aromatic rings. The molecular weight excluding hydrogens is 288 g/mol. The number of methoxy groups -OCH3 is 1. The Bertz CT molecular complexity index is 631. The van der Waals surface area contributed by atoms with E-state index in [1.165, 1.54) is 6.20 Å². The molecule has 0 atom stereocenters. The van der Waals surface area contributed by atoms with Crippen molar-refractivity contribution in [3.63, 3.8) is 0 Å². The molecule has 1 aromatic heterocycles. The van der Waals surface area contributed by atoms with Crippen molar-refractivity contribution in [3.05, 3.63) is 47.8 Å². The van der Waals surface area contributed by atoms with E-state index >= 15 is 0 Å². The molecule has 0 aliphatic heterocycles. The number of carbonyl (C=O) groups excluding carboxylic acids is 1. The Morgan fingerprint density at radius 1 is 1.38 bits per heavy atom. The van der Waals surface area contributed by atoms with Gasteiger partial charge >= 0.3 is 0 Å². The Labute approximate surface area is 126 Å². The zero-order chi connectivity index (χ0) is 15.2. The lowest BCUT2D eigenvalue weighted by molar-refractivity contribution is 0.0953. The Balaban J connectivity index is 2.05. The molecule has 2 rings (SSSR count). The molecule has 0 saturated heterocycles. The smallest absolute Gasteiger partial charge is 0.266 e. The highest BCUT2D eigenvalue weighted by Gasteiger charge is 2.07. The van der Waals surface area contributed by atoms with E-state index in [1.807, 2.05) is 12.1 Å². The Kier molecular flexibility index (Phi) is 5.02. The third-order valence-corrected chi connectivity index (χ3v) is 3.87. The first-order chi connectivity index (χ1) is 10.1. The highest BCUT2D eigenvalue weighted by molar-refractivity contribution is 7.98. The first-order valence-electron chi connectivity index (χ1n) is 6.16. The number of amides is 1. The fourth-order valence-electron chi connectivity index (χ4n) is 1.68. The van der Waals surface area contributed by atoms with E-state index in [0.717, 1.165) is 16.3 Å². The molecule has 0 aliphatic carbocycles. The summed E-state index contributed by atoms with van der Waals surface area (Å²) < 4.78 is 5.29. The van der Waals surface area contributed by atoms with E-state index in [2.05, 4.69) is 10.4 Å². The molecule has 0 spiro atoms. The summed E-state index contributed by atoms with van der Waals surface area (Å²) >= 11 is 1.59. The fraction of sp³-hybridized carbons (Fsp3) is 0.143. The zero-order valence-corrected chi connectivity index (χ0v) is 12.3. The number of nitrogens with one attached hydrogen (secondary N) is 1. The minimum Gasteiger partial charge on any atom is -0.496 e. The van der Waals surface area contributed by atoms with Gasteiger partial charge in [0.2, 0.25) is 0 Å². The molecule has 21 heavy (non-hydrogen) atoms. The minimum atomic E-state index is -0.359. The Morgan fingerprint density at radius 3 is 2.81 bits per heavy atom. The number of nitrogens with two attached hydrogens (primary N) is 2. The summed E-state index contributed by atoms with van der Waals surface area (Å²) in [5.41, 5.74) is 9.73. The van der Waals surface area contributed by atoms with E-state index < -0.39 is 0 Å². The van der Waals surface area contributed by atoms with Crippen LogP contribution in [-0.4, -0.2) is 18.0 Å². The van der Waals surface area contributed by atoms with Gasteiger partial charge in [-0.05, 0) is 24.3 Å². The Morgan fingerprint density at radius 2 is 2.19 bits per heavy atom. The number of nitrogens with zero attached hydrogens (tertiary/aromatic N) is 1. The number of anilines is 1. The molecule has 7 heteroatoms. The molecule has 1 amide bonds. The van der Waals surface area contributed by atoms with Crippen LogP contribution in [0.1, 0.15) is 16.1 Å². The quantitative estimate of drug-likeness (QED) is 0.255. The van der Waals surface area contributed by atoms with Gasteiger partial charge < -0.3 is 10.5 Å². The monoisotopic (exact) mass is 304 g/mol. The van der Waals surface area contributed by atoms with Crippen molar-refractivity contribution in [2.75, 3.05) is 12.8 Å². The van der Waals surface area contributed by atoms with Crippen LogP contribution in [0.15, 0.2) is 41.4 Å². The van der Waals surface area contributed by atoms with Crippen LogP contribution in [0.4, 0.5) is 5.69 Å². The first-order valence-corrected chi connectivity index (χ1v) is 7.14. The van der Waals surface area contributed by atoms with Crippen molar-refractivity contribution in [2.24, 2.45) is 5.84 Å². The molecule has 6 nitrogen and oxygen atoms in total. The van der Waals surface area contributed by atoms with Gasteiger partial charge in [-0.1, -0.05) is 0 Å². The van der Waals surface area contributed by atoms with Crippen LogP contribution < -0.4 is 21.7 Å². The van der Waals surface area contributed by atoms with Crippen molar-refractivity contribution in [3.8, 4) is 5.75 Å². The first kappa shape index (κ1) is 15.1. The fourth-order valence-corrected chi connectivity index (χ4v) is 2.61. The van der Waals surface area contributed by atoms with E-state index in [0.29, 0.717) is 17.0 Å². The molecule has 0 radical (unpaired) electrons. The molecule has 0 aliphatic rings. The summed E-state index contributed by atoms with van der Waals surface area (Å²) in [4.78, 5) is 16.5. The number of benzene rings is 1. The molecule has 1 aromatic carbocycles. The largest absolute Gasteiger partial charge is 0.496 e. The average molecular weight is 304 g/mol. The third-order valence-electron chi connectivity index (χ3n) is 2.78. The molecule has 0 bridgehead atoms. The number of rotatable bonds is 5. The number of hydrazine groups is 1. The number of hydrogen-bond acceptors (Lipinski definition) is 6. The highest BCUT2D eigenvalue weighted by atomic mass is 32.2. The van der Waals surface area contributed by atoms with Crippen molar-refractivity contribution >= 4 is 23.4 Å². The van der Waals surface area contributed by atoms with E-state index in [-0.39, 0.29) is 5.91 Å². The van der Waals surface area contributed by atoms with Gasteiger partial charge in [-0.15, -0.1) is 11.8 Å². The molecule has 0 saturated carbocycles. The van der Waals surface area contributed by atoms with Gasteiger partial charge in [-0.3, -0.25) is 15.2 Å². The van der Waals surface area contributed by atoms with E-state index in [4.69, 9.17) is 16.3 Å². The number of ether oxygens (including phenoxy) is 1. The SMILES string of the molecule is COc1cc(N)ccc1SCc1ccc(C(=O)NN)cn1. The summed E-state index contributed by atoms with van der Waals surface area (Å²) in [6.45, 7) is 0. The van der Waals surface area contributed by atoms with Crippen molar-refractivity contribution < 1.29 is 9.53 Å². The van der Waals surface area contributed by atoms with Crippen molar-refractivity contribution in [1.82, 2.24) is 10.4 Å². The number of nitrogen functional groups attached to an aromatic ring is 2. The molecule has 5 N–H and O–H groups in total. The molecule has 0 fully saturated rings. The zero-order valence-electron chi connectivity index (χ0n) is 11.5. The summed E-state index contributed by atoms with van der Waals surface area (Å²) in [5, 5.41) is 0. The predicted molar refractivity (Wildman–Crippen MR) is 82.9 cm³/mol. The molecule has 110 valence electrons. The molecular formula is C14H16N4O2S. The number of pyridine rings is 1. The molecule has 0 unspecified atom stereocenters. The lowest BCUT2D eigenvalue weighted by atomic mass is 10.2. The summed E-state index contributed by atoms with van der Waals surface area (Å²) in [6.07, 6.45) is 1.50. The van der Waals surface area contributed by atoms with Gasteiger partial charge in [-0.2, -0.15) is 0 Å². The lowest BCUT2D eigenvalue weighted by Crippen LogP contribution is -2.30. The maximum Gasteiger partial charge on any atom is 0.266 e. The van der Waals surface area contributed by atoms with Gasteiger partial charge in [-0.25, -0.2) is 5.84 Å². The topological polar surface area (TPSA) is 103 Å². The van der Waals surface area contributed by atoms with E-state index in [9.17, 15) is 4.79 Å². The molecule has 1 heterocycles. The maximum atomic E-state index is 11.3. The Hall–Kier alpha value is -2.25. The minimum absolute atomic E-state index is 0.359. The number of carbonyl (C=O) groups is 1. The van der Waals surface area contributed by atoms with Crippen LogP contribution in [0.25, 0.3) is 0 Å². The standard InChI is InChI=1S/C14H16N4O2S/c1-20-12-6-10(15)3-5-13(12)21-8-11-4-2-9(7-17-11)14(19)18-16/h2-7H,8,15-16H2,1H3,(H,18,19). The number of hydrogen-bond donors (Lipinski definition) is 3. The van der Waals surface area contributed by atoms with Gasteiger partial charge in [0.1, 0.15) is 5.75 Å². The highest BCUT2D eigenvalue weighted by Crippen LogP contribution is 2.32. The van der Waals surface area contributed by atoms with Crippen LogP contribution in [0, 0.1) is 0 Å². The second-order valence-corrected chi connectivity index (χ2v) is 5.23. The average Bonchev–Trinajstić information content (AvgIpc) is 2.53. The second-order valence-electron chi connectivity index (χ2n) is 4.21.